The van der Waals surface area contributed by atoms with E-state index in [1.165, 1.54) is 24.3 Å². The van der Waals surface area contributed by atoms with Crippen LogP contribution in [0, 0.1) is 17.6 Å². The molecule has 28 heavy (non-hydrogen) atoms. The minimum atomic E-state index is -1.32. The number of rotatable bonds is 3. The van der Waals surface area contributed by atoms with E-state index in [-0.39, 0.29) is 12.1 Å². The van der Waals surface area contributed by atoms with Gasteiger partial charge in [0.1, 0.15) is 17.6 Å². The summed E-state index contributed by atoms with van der Waals surface area (Å²) in [4.78, 5) is 27.8. The lowest BCUT2D eigenvalue weighted by Crippen LogP contribution is -2.44. The van der Waals surface area contributed by atoms with E-state index in [0.29, 0.717) is 30.2 Å². The normalized spacial score (nSPS) is 19.5. The molecule has 2 heterocycles. The molecule has 1 unspecified atom stereocenters. The van der Waals surface area contributed by atoms with Crippen LogP contribution in [0.25, 0.3) is 0 Å². The number of carbonyl (C=O) groups is 2. The van der Waals surface area contributed by atoms with Crippen LogP contribution in [0.2, 0.25) is 0 Å². The van der Waals surface area contributed by atoms with Gasteiger partial charge in [-0.05, 0) is 36.4 Å². The van der Waals surface area contributed by atoms with E-state index in [1.54, 1.807) is 11.0 Å². The van der Waals surface area contributed by atoms with Crippen molar-refractivity contribution in [2.75, 3.05) is 42.5 Å². The number of aliphatic carboxylic acids is 1. The number of hydrogen-bond donors (Lipinski definition) is 2. The molecule has 2 N–H and O–H groups in total. The summed E-state index contributed by atoms with van der Waals surface area (Å²) >= 11 is 0. The maximum Gasteiger partial charge on any atom is 0.316 e. The molecule has 0 spiro atoms. The topological polar surface area (TPSA) is 72.9 Å². The van der Waals surface area contributed by atoms with Crippen molar-refractivity contribution in [1.29, 1.82) is 0 Å². The molecule has 4 rings (SSSR count). The SMILES string of the molecule is O=C(O)C1CN(c2ccc(F)cc2)c2cc(N3CCNCC3)c(F)cc2C1=O. The van der Waals surface area contributed by atoms with Gasteiger partial charge in [0.05, 0.1) is 11.4 Å². The molecule has 0 bridgehead atoms. The lowest BCUT2D eigenvalue weighted by Gasteiger charge is -2.36. The third kappa shape index (κ3) is 3.20. The van der Waals surface area contributed by atoms with Crippen molar-refractivity contribution in [3.63, 3.8) is 0 Å². The smallest absolute Gasteiger partial charge is 0.316 e. The summed E-state index contributed by atoms with van der Waals surface area (Å²) in [5.41, 5.74) is 1.37. The predicted octanol–water partition coefficient (Wildman–Crippen LogP) is 2.41. The number of carboxylic acid groups (broad SMARTS) is 1. The summed E-state index contributed by atoms with van der Waals surface area (Å²) in [6.07, 6.45) is 0. The van der Waals surface area contributed by atoms with E-state index < -0.39 is 29.3 Å². The second-order valence-corrected chi connectivity index (χ2v) is 6.90. The Kier molecular flexibility index (Phi) is 4.72. The van der Waals surface area contributed by atoms with Crippen LogP contribution in [0.5, 0.6) is 0 Å². The van der Waals surface area contributed by atoms with Gasteiger partial charge in [-0.25, -0.2) is 8.78 Å². The third-order valence-electron chi connectivity index (χ3n) is 5.20. The van der Waals surface area contributed by atoms with Crippen molar-refractivity contribution in [2.45, 2.75) is 0 Å². The third-order valence-corrected chi connectivity index (χ3v) is 5.20. The Morgan fingerprint density at radius 3 is 2.39 bits per heavy atom. The van der Waals surface area contributed by atoms with Crippen LogP contribution >= 0.6 is 0 Å². The van der Waals surface area contributed by atoms with Gasteiger partial charge >= 0.3 is 5.97 Å². The second-order valence-electron chi connectivity index (χ2n) is 6.90. The number of hydrogen-bond acceptors (Lipinski definition) is 5. The molecule has 6 nitrogen and oxygen atoms in total. The van der Waals surface area contributed by atoms with E-state index in [1.807, 2.05) is 4.90 Å². The van der Waals surface area contributed by atoms with Crippen LogP contribution in [0.15, 0.2) is 36.4 Å². The summed E-state index contributed by atoms with van der Waals surface area (Å²) in [7, 11) is 0. The van der Waals surface area contributed by atoms with Gasteiger partial charge in [-0.1, -0.05) is 0 Å². The minimum Gasteiger partial charge on any atom is -0.481 e. The van der Waals surface area contributed by atoms with Gasteiger partial charge in [-0.3, -0.25) is 9.59 Å². The van der Waals surface area contributed by atoms with E-state index in [2.05, 4.69) is 5.32 Å². The molecule has 8 heteroatoms. The first-order valence-electron chi connectivity index (χ1n) is 9.05. The first kappa shape index (κ1) is 18.4. The van der Waals surface area contributed by atoms with E-state index >= 15 is 0 Å². The van der Waals surface area contributed by atoms with Crippen LogP contribution in [-0.2, 0) is 4.79 Å². The number of halogens is 2. The lowest BCUT2D eigenvalue weighted by atomic mass is 9.90. The van der Waals surface area contributed by atoms with E-state index in [9.17, 15) is 23.5 Å². The number of fused-ring (bicyclic) bond motifs is 1. The molecule has 0 saturated carbocycles. The zero-order valence-corrected chi connectivity index (χ0v) is 15.0. The van der Waals surface area contributed by atoms with Gasteiger partial charge in [0, 0.05) is 44.0 Å². The number of anilines is 3. The quantitative estimate of drug-likeness (QED) is 0.788. The maximum absolute atomic E-state index is 14.8. The van der Waals surface area contributed by atoms with Crippen molar-refractivity contribution < 1.29 is 23.5 Å². The highest BCUT2D eigenvalue weighted by Crippen LogP contribution is 2.39. The molecule has 0 aromatic heterocycles. The molecule has 2 aliphatic heterocycles. The fourth-order valence-corrected chi connectivity index (χ4v) is 3.73. The fourth-order valence-electron chi connectivity index (χ4n) is 3.73. The highest BCUT2D eigenvalue weighted by atomic mass is 19.1. The highest BCUT2D eigenvalue weighted by Gasteiger charge is 2.38. The summed E-state index contributed by atoms with van der Waals surface area (Å²) in [6.45, 7) is 2.59. The molecular formula is C20H19F2N3O3. The average molecular weight is 387 g/mol. The van der Waals surface area contributed by atoms with Gasteiger partial charge in [0.25, 0.3) is 0 Å². The second kappa shape index (κ2) is 7.20. The number of ketones is 1. The predicted molar refractivity (Wildman–Crippen MR) is 100 cm³/mol. The van der Waals surface area contributed by atoms with Crippen LogP contribution < -0.4 is 15.1 Å². The summed E-state index contributed by atoms with van der Waals surface area (Å²) in [6, 6.07) is 8.28. The molecule has 1 atom stereocenters. The zero-order valence-electron chi connectivity index (χ0n) is 15.0. The molecule has 0 radical (unpaired) electrons. The number of carbonyl (C=O) groups excluding carboxylic acids is 1. The Morgan fingerprint density at radius 1 is 1.07 bits per heavy atom. The van der Waals surface area contributed by atoms with Crippen LogP contribution in [0.1, 0.15) is 10.4 Å². The van der Waals surface area contributed by atoms with Gasteiger partial charge < -0.3 is 20.2 Å². The molecule has 2 aromatic carbocycles. The summed E-state index contributed by atoms with van der Waals surface area (Å²) in [5.74, 6) is -4.19. The number of benzene rings is 2. The van der Waals surface area contributed by atoms with Crippen molar-refractivity contribution in [2.24, 2.45) is 5.92 Å². The molecule has 2 aromatic rings. The molecule has 1 saturated heterocycles. The number of carboxylic acids is 1. The van der Waals surface area contributed by atoms with E-state index in [4.69, 9.17) is 0 Å². The molecule has 0 amide bonds. The van der Waals surface area contributed by atoms with Crippen LogP contribution in [0.4, 0.5) is 25.8 Å². The first-order chi connectivity index (χ1) is 13.5. The van der Waals surface area contributed by atoms with Crippen molar-refractivity contribution in [1.82, 2.24) is 5.32 Å². The van der Waals surface area contributed by atoms with Gasteiger partial charge in [-0.2, -0.15) is 0 Å². The van der Waals surface area contributed by atoms with Gasteiger partial charge in [0.2, 0.25) is 0 Å². The van der Waals surface area contributed by atoms with Crippen molar-refractivity contribution in [3.05, 3.63) is 53.6 Å². The Morgan fingerprint density at radius 2 is 1.75 bits per heavy atom. The number of Topliss-reactive ketones (excluding diaryl/α,β-unsaturated/α-hetero) is 1. The Balaban J connectivity index is 1.84. The highest BCUT2D eigenvalue weighted by molar-refractivity contribution is 6.14. The zero-order chi connectivity index (χ0) is 19.8. The monoisotopic (exact) mass is 387 g/mol. The Bertz CT molecular complexity index is 927. The molecular weight excluding hydrogens is 368 g/mol. The Hall–Kier alpha value is -3.00. The summed E-state index contributed by atoms with van der Waals surface area (Å²) < 4.78 is 28.2. The first-order valence-corrected chi connectivity index (χ1v) is 9.05. The number of piperazine rings is 1. The number of nitrogens with zero attached hydrogens (tertiary/aromatic N) is 2. The fraction of sp³-hybridized carbons (Fsp3) is 0.300. The number of nitrogens with one attached hydrogen (secondary N) is 1. The van der Waals surface area contributed by atoms with Gasteiger partial charge in [0.15, 0.2) is 5.78 Å². The van der Waals surface area contributed by atoms with Crippen LogP contribution in [0.3, 0.4) is 0 Å². The molecule has 1 fully saturated rings. The maximum atomic E-state index is 14.8. The van der Waals surface area contributed by atoms with Crippen LogP contribution in [-0.4, -0.2) is 49.6 Å². The van der Waals surface area contributed by atoms with Crippen molar-refractivity contribution >= 4 is 28.8 Å². The van der Waals surface area contributed by atoms with Crippen molar-refractivity contribution in [3.8, 4) is 0 Å². The molecule has 2 aliphatic rings. The molecule has 146 valence electrons. The minimum absolute atomic E-state index is 0.0272. The average Bonchev–Trinajstić information content (AvgIpc) is 2.69. The molecule has 0 aliphatic carbocycles. The lowest BCUT2D eigenvalue weighted by molar-refractivity contribution is -0.139. The summed E-state index contributed by atoms with van der Waals surface area (Å²) in [5, 5.41) is 12.7. The largest absolute Gasteiger partial charge is 0.481 e. The van der Waals surface area contributed by atoms with E-state index in [0.717, 1.165) is 19.2 Å². The Labute approximate surface area is 160 Å². The standard InChI is InChI=1S/C20H19F2N3O3/c21-12-1-3-13(4-2-12)25-11-15(20(27)28)19(26)14-9-16(22)18(10-17(14)25)24-7-5-23-6-8-24/h1-4,9-10,15,23H,5-8,11H2,(H,27,28). The van der Waals surface area contributed by atoms with Gasteiger partial charge in [-0.15, -0.1) is 0 Å².